The molecule has 2 nitrogen and oxygen atoms in total. The topological polar surface area (TPSA) is 25.8 Å². The fraction of sp³-hybridized carbons (Fsp3) is 0.333. The summed E-state index contributed by atoms with van der Waals surface area (Å²) in [6.07, 6.45) is 3.83. The molecule has 0 amide bonds. The molecule has 0 fully saturated rings. The molecule has 3 rings (SSSR count). The summed E-state index contributed by atoms with van der Waals surface area (Å²) in [6, 6.07) is 17.5. The van der Waals surface area contributed by atoms with E-state index in [1.54, 1.807) is 0 Å². The maximum absolute atomic E-state index is 4.53. The summed E-state index contributed by atoms with van der Waals surface area (Å²) in [6.45, 7) is 13.1. The van der Waals surface area contributed by atoms with Crippen LogP contribution >= 0.6 is 0 Å². The van der Waals surface area contributed by atoms with E-state index in [0.717, 1.165) is 17.0 Å². The van der Waals surface area contributed by atoms with Crippen molar-refractivity contribution in [2.24, 2.45) is 0 Å². The minimum atomic E-state index is -0.0262. The highest BCUT2D eigenvalue weighted by atomic mass is 14.9. The zero-order chi connectivity index (χ0) is 18.9. The van der Waals surface area contributed by atoms with Crippen molar-refractivity contribution in [2.75, 3.05) is 0 Å². The normalized spacial score (nSPS) is 12.2. The highest BCUT2D eigenvalue weighted by Gasteiger charge is 2.17. The van der Waals surface area contributed by atoms with Gasteiger partial charge in [-0.05, 0) is 27.7 Å². The summed E-state index contributed by atoms with van der Waals surface area (Å²) in [5, 5.41) is 0. The molecule has 0 unspecified atom stereocenters. The Kier molecular flexibility index (Phi) is 4.70. The predicted molar refractivity (Wildman–Crippen MR) is 110 cm³/mol. The van der Waals surface area contributed by atoms with E-state index in [0.29, 0.717) is 0 Å². The molecule has 2 heteroatoms. The quantitative estimate of drug-likeness (QED) is 0.537. The van der Waals surface area contributed by atoms with Gasteiger partial charge in [0.2, 0.25) is 0 Å². The number of nitrogens with zero attached hydrogens (tertiary/aromatic N) is 2. The van der Waals surface area contributed by atoms with Crippen molar-refractivity contribution in [1.29, 1.82) is 0 Å². The highest BCUT2D eigenvalue weighted by molar-refractivity contribution is 5.69. The van der Waals surface area contributed by atoms with Crippen LogP contribution in [-0.4, -0.2) is 9.97 Å². The van der Waals surface area contributed by atoms with Crippen LogP contribution in [0.25, 0.3) is 22.3 Å². The van der Waals surface area contributed by atoms with Gasteiger partial charge in [-0.3, -0.25) is 0 Å². The summed E-state index contributed by atoms with van der Waals surface area (Å²) in [4.78, 5) is 9.06. The molecule has 26 heavy (non-hydrogen) atoms. The van der Waals surface area contributed by atoms with E-state index >= 15 is 0 Å². The van der Waals surface area contributed by atoms with Gasteiger partial charge in [-0.2, -0.15) is 0 Å². The van der Waals surface area contributed by atoms with Gasteiger partial charge in [-0.25, -0.2) is 9.97 Å². The summed E-state index contributed by atoms with van der Waals surface area (Å²) < 4.78 is 0. The molecule has 0 N–H and O–H groups in total. The molecule has 0 aliphatic heterocycles. The maximum atomic E-state index is 4.53. The van der Waals surface area contributed by atoms with Crippen molar-refractivity contribution in [3.63, 3.8) is 0 Å². The average Bonchev–Trinajstić information content (AvgIpc) is 2.61. The average molecular weight is 345 g/mol. The molecule has 0 saturated carbocycles. The Labute approximate surface area is 157 Å². The van der Waals surface area contributed by atoms with E-state index in [1.165, 1.54) is 16.7 Å². The second-order valence-corrected chi connectivity index (χ2v) is 8.95. The Bertz CT molecular complexity index is 783. The first kappa shape index (κ1) is 18.3. The molecule has 0 aliphatic rings. The molecule has 0 saturated heterocycles. The van der Waals surface area contributed by atoms with Crippen molar-refractivity contribution < 1.29 is 0 Å². The zero-order valence-electron chi connectivity index (χ0n) is 16.7. The molecule has 0 radical (unpaired) electrons. The van der Waals surface area contributed by atoms with Crippen LogP contribution < -0.4 is 0 Å². The first-order valence-electron chi connectivity index (χ1n) is 9.18. The van der Waals surface area contributed by atoms with Crippen molar-refractivity contribution in [1.82, 2.24) is 9.97 Å². The SMILES string of the molecule is CC(C)(C)c1ccc(-c2ccc(-c3cnc(C(C)(C)C)nc3)cc2)cc1. The molecule has 0 bridgehead atoms. The van der Waals surface area contributed by atoms with Crippen LogP contribution in [0.4, 0.5) is 0 Å². The summed E-state index contributed by atoms with van der Waals surface area (Å²) >= 11 is 0. The van der Waals surface area contributed by atoms with Crippen LogP contribution in [0.3, 0.4) is 0 Å². The first-order valence-corrected chi connectivity index (χ1v) is 9.18. The van der Waals surface area contributed by atoms with E-state index in [1.807, 2.05) is 12.4 Å². The van der Waals surface area contributed by atoms with E-state index < -0.39 is 0 Å². The van der Waals surface area contributed by atoms with Gasteiger partial charge in [0.1, 0.15) is 5.82 Å². The van der Waals surface area contributed by atoms with Crippen LogP contribution in [0.15, 0.2) is 60.9 Å². The maximum Gasteiger partial charge on any atom is 0.133 e. The molecule has 0 aliphatic carbocycles. The Morgan fingerprint density at radius 3 is 1.27 bits per heavy atom. The Hall–Kier alpha value is -2.48. The second kappa shape index (κ2) is 6.68. The van der Waals surface area contributed by atoms with Crippen molar-refractivity contribution in [3.8, 4) is 22.3 Å². The van der Waals surface area contributed by atoms with Gasteiger partial charge in [0.15, 0.2) is 0 Å². The molecule has 0 spiro atoms. The monoisotopic (exact) mass is 344 g/mol. The molecule has 3 aromatic rings. The van der Waals surface area contributed by atoms with Crippen molar-refractivity contribution >= 4 is 0 Å². The standard InChI is InChI=1S/C24H28N2/c1-23(2,3)21-13-11-18(12-14-21)17-7-9-19(10-8-17)20-15-25-22(26-16-20)24(4,5)6/h7-16H,1-6H3. The van der Waals surface area contributed by atoms with Gasteiger partial charge < -0.3 is 0 Å². The zero-order valence-corrected chi connectivity index (χ0v) is 16.7. The van der Waals surface area contributed by atoms with Gasteiger partial charge in [0.25, 0.3) is 0 Å². The summed E-state index contributed by atoms with van der Waals surface area (Å²) in [7, 11) is 0. The predicted octanol–water partition coefficient (Wildman–Crippen LogP) is 6.41. The largest absolute Gasteiger partial charge is 0.240 e. The van der Waals surface area contributed by atoms with Crippen LogP contribution in [-0.2, 0) is 10.8 Å². The second-order valence-electron chi connectivity index (χ2n) is 8.95. The Morgan fingerprint density at radius 2 is 0.885 bits per heavy atom. The van der Waals surface area contributed by atoms with Crippen LogP contribution in [0.5, 0.6) is 0 Å². The van der Waals surface area contributed by atoms with Crippen LogP contribution in [0.2, 0.25) is 0 Å². The molecule has 2 aromatic carbocycles. The first-order chi connectivity index (χ1) is 12.1. The molecule has 1 heterocycles. The molecule has 134 valence electrons. The fourth-order valence-electron chi connectivity index (χ4n) is 2.88. The molecule has 1 aromatic heterocycles. The van der Waals surface area contributed by atoms with E-state index in [-0.39, 0.29) is 10.8 Å². The number of benzene rings is 2. The third kappa shape index (κ3) is 4.01. The smallest absolute Gasteiger partial charge is 0.133 e. The lowest BCUT2D eigenvalue weighted by Gasteiger charge is -2.19. The lowest BCUT2D eigenvalue weighted by Crippen LogP contribution is -2.15. The Balaban J connectivity index is 1.82. The third-order valence-electron chi connectivity index (χ3n) is 4.63. The highest BCUT2D eigenvalue weighted by Crippen LogP contribution is 2.28. The molecular weight excluding hydrogens is 316 g/mol. The minimum absolute atomic E-state index is 0.0262. The summed E-state index contributed by atoms with van der Waals surface area (Å²) in [5.74, 6) is 0.872. The van der Waals surface area contributed by atoms with Crippen LogP contribution in [0, 0.1) is 0 Å². The van der Waals surface area contributed by atoms with Gasteiger partial charge in [-0.1, -0.05) is 90.1 Å². The van der Waals surface area contributed by atoms with Gasteiger partial charge in [0.05, 0.1) is 0 Å². The lowest BCUT2D eigenvalue weighted by molar-refractivity contribution is 0.545. The number of hydrogen-bond donors (Lipinski definition) is 0. The third-order valence-corrected chi connectivity index (χ3v) is 4.63. The number of aromatic nitrogens is 2. The summed E-state index contributed by atoms with van der Waals surface area (Å²) in [5.41, 5.74) is 6.16. The van der Waals surface area contributed by atoms with Crippen molar-refractivity contribution in [2.45, 2.75) is 52.4 Å². The Morgan fingerprint density at radius 1 is 0.500 bits per heavy atom. The lowest BCUT2D eigenvalue weighted by atomic mass is 9.86. The number of hydrogen-bond acceptors (Lipinski definition) is 2. The van der Waals surface area contributed by atoms with E-state index in [4.69, 9.17) is 0 Å². The van der Waals surface area contributed by atoms with Crippen molar-refractivity contribution in [3.05, 3.63) is 72.3 Å². The van der Waals surface area contributed by atoms with Gasteiger partial charge >= 0.3 is 0 Å². The van der Waals surface area contributed by atoms with E-state index in [2.05, 4.69) is 100 Å². The van der Waals surface area contributed by atoms with Crippen LogP contribution in [0.1, 0.15) is 52.9 Å². The van der Waals surface area contributed by atoms with Gasteiger partial charge in [-0.15, -0.1) is 0 Å². The minimum Gasteiger partial charge on any atom is -0.240 e. The molecular formula is C24H28N2. The van der Waals surface area contributed by atoms with E-state index in [9.17, 15) is 0 Å². The fourth-order valence-corrected chi connectivity index (χ4v) is 2.88. The molecule has 0 atom stereocenters. The number of rotatable bonds is 2. The van der Waals surface area contributed by atoms with Gasteiger partial charge in [0, 0.05) is 23.4 Å².